The van der Waals surface area contributed by atoms with Crippen LogP contribution in [0.5, 0.6) is 0 Å². The number of anilines is 3. The summed E-state index contributed by atoms with van der Waals surface area (Å²) in [4.78, 5) is 25.8. The topological polar surface area (TPSA) is 87.4 Å². The summed E-state index contributed by atoms with van der Waals surface area (Å²) in [6.45, 7) is 0.0421. The molecule has 7 nitrogen and oxygen atoms in total. The van der Waals surface area contributed by atoms with Gasteiger partial charge in [0.2, 0.25) is 11.9 Å². The van der Waals surface area contributed by atoms with Crippen molar-refractivity contribution in [2.75, 3.05) is 30.9 Å². The maximum atomic E-state index is 12.4. The lowest BCUT2D eigenvalue weighted by atomic mass is 9.97. The minimum atomic E-state index is 0.00206. The van der Waals surface area contributed by atoms with E-state index >= 15 is 0 Å². The molecule has 2 aliphatic heterocycles. The third-order valence-electron chi connectivity index (χ3n) is 5.18. The van der Waals surface area contributed by atoms with Crippen LogP contribution in [0.3, 0.4) is 0 Å². The molecule has 3 heterocycles. The van der Waals surface area contributed by atoms with Crippen LogP contribution in [0, 0.1) is 0 Å². The molecular weight excluding hydrogens is 328 g/mol. The summed E-state index contributed by atoms with van der Waals surface area (Å²) >= 11 is 0. The lowest BCUT2D eigenvalue weighted by Gasteiger charge is -2.36. The molecule has 2 bridgehead atoms. The van der Waals surface area contributed by atoms with Crippen LogP contribution in [0.25, 0.3) is 0 Å². The number of fused-ring (bicyclic) bond motifs is 4. The summed E-state index contributed by atoms with van der Waals surface area (Å²) in [5, 5.41) is 3.44. The van der Waals surface area contributed by atoms with E-state index in [2.05, 4.69) is 5.32 Å². The lowest BCUT2D eigenvalue weighted by molar-refractivity contribution is -0.133. The molecule has 1 saturated heterocycles. The molecule has 4 rings (SSSR count). The molecule has 2 aliphatic rings. The van der Waals surface area contributed by atoms with Gasteiger partial charge in [-0.15, -0.1) is 0 Å². The number of nitrogens with two attached hydrogens (primary N) is 1. The molecule has 0 saturated carbocycles. The smallest absolute Gasteiger partial charge is 0.237 e. The summed E-state index contributed by atoms with van der Waals surface area (Å²) in [5.74, 6) is 1.47. The Morgan fingerprint density at radius 1 is 1.27 bits per heavy atom. The minimum Gasteiger partial charge on any atom is -0.347 e. The summed E-state index contributed by atoms with van der Waals surface area (Å²) in [5.41, 5.74) is 8.70. The van der Waals surface area contributed by atoms with E-state index in [-0.39, 0.29) is 24.5 Å². The Bertz CT molecular complexity index is 822. The van der Waals surface area contributed by atoms with Crippen molar-refractivity contribution in [1.82, 2.24) is 14.9 Å². The Kier molecular flexibility index (Phi) is 4.24. The number of aromatic nitrogens is 2. The average Bonchev–Trinajstić information content (AvgIpc) is 2.95. The van der Waals surface area contributed by atoms with E-state index in [9.17, 15) is 4.79 Å². The van der Waals surface area contributed by atoms with Crippen molar-refractivity contribution in [2.45, 2.75) is 31.3 Å². The van der Waals surface area contributed by atoms with Crippen molar-refractivity contribution >= 4 is 23.4 Å². The number of hydrogen-bond donors (Lipinski definition) is 2. The largest absolute Gasteiger partial charge is 0.347 e. The molecule has 1 aromatic carbocycles. The maximum absolute atomic E-state index is 12.4. The SMILES string of the molecule is CN(C)c1nc2c(c(Nc3ccccc3)n1)[C@@H]1CC[C@H](C2)N1C(=O)CN. The first-order chi connectivity index (χ1) is 12.6. The molecule has 0 radical (unpaired) electrons. The predicted molar refractivity (Wildman–Crippen MR) is 101 cm³/mol. The molecule has 26 heavy (non-hydrogen) atoms. The molecule has 7 heteroatoms. The molecule has 0 unspecified atom stereocenters. The third kappa shape index (κ3) is 2.78. The lowest BCUT2D eigenvalue weighted by Crippen LogP contribution is -2.45. The van der Waals surface area contributed by atoms with Gasteiger partial charge < -0.3 is 20.9 Å². The van der Waals surface area contributed by atoms with E-state index in [1.165, 1.54) is 0 Å². The molecule has 2 atom stereocenters. The normalized spacial score (nSPS) is 20.7. The molecule has 1 fully saturated rings. The van der Waals surface area contributed by atoms with Crippen LogP contribution in [-0.4, -0.2) is 47.5 Å². The van der Waals surface area contributed by atoms with Gasteiger partial charge in [0, 0.05) is 37.8 Å². The van der Waals surface area contributed by atoms with Gasteiger partial charge in [-0.2, -0.15) is 4.98 Å². The van der Waals surface area contributed by atoms with Gasteiger partial charge in [-0.05, 0) is 25.0 Å². The van der Waals surface area contributed by atoms with Crippen LogP contribution >= 0.6 is 0 Å². The molecule has 0 spiro atoms. The van der Waals surface area contributed by atoms with Crippen molar-refractivity contribution in [1.29, 1.82) is 0 Å². The number of carbonyl (C=O) groups excluding carboxylic acids is 1. The Morgan fingerprint density at radius 2 is 2.04 bits per heavy atom. The van der Waals surface area contributed by atoms with Gasteiger partial charge in [-0.3, -0.25) is 4.79 Å². The Balaban J connectivity index is 1.81. The first kappa shape index (κ1) is 16.8. The average molecular weight is 352 g/mol. The van der Waals surface area contributed by atoms with Crippen LogP contribution in [0.1, 0.15) is 30.1 Å². The van der Waals surface area contributed by atoms with Gasteiger partial charge in [-0.25, -0.2) is 4.98 Å². The van der Waals surface area contributed by atoms with Crippen molar-refractivity contribution < 1.29 is 4.79 Å². The molecular formula is C19H24N6O. The van der Waals surface area contributed by atoms with Gasteiger partial charge in [0.25, 0.3) is 0 Å². The van der Waals surface area contributed by atoms with E-state index in [1.807, 2.05) is 54.2 Å². The van der Waals surface area contributed by atoms with Gasteiger partial charge >= 0.3 is 0 Å². The zero-order chi connectivity index (χ0) is 18.3. The van der Waals surface area contributed by atoms with Crippen molar-refractivity contribution in [2.24, 2.45) is 5.73 Å². The van der Waals surface area contributed by atoms with E-state index in [0.29, 0.717) is 5.95 Å². The third-order valence-corrected chi connectivity index (χ3v) is 5.18. The zero-order valence-corrected chi connectivity index (χ0v) is 15.1. The Hall–Kier alpha value is -2.67. The second-order valence-electron chi connectivity index (χ2n) is 7.07. The van der Waals surface area contributed by atoms with E-state index in [4.69, 9.17) is 15.7 Å². The van der Waals surface area contributed by atoms with Crippen LogP contribution in [0.15, 0.2) is 30.3 Å². The number of rotatable bonds is 4. The Labute approximate surface area is 153 Å². The van der Waals surface area contributed by atoms with Crippen LogP contribution in [0.2, 0.25) is 0 Å². The number of carbonyl (C=O) groups is 1. The monoisotopic (exact) mass is 352 g/mol. The second-order valence-corrected chi connectivity index (χ2v) is 7.07. The highest BCUT2D eigenvalue weighted by molar-refractivity contribution is 5.80. The van der Waals surface area contributed by atoms with Crippen LogP contribution < -0.4 is 16.0 Å². The molecule has 3 N–H and O–H groups in total. The quantitative estimate of drug-likeness (QED) is 0.873. The molecule has 1 amide bonds. The Morgan fingerprint density at radius 3 is 2.73 bits per heavy atom. The minimum absolute atomic E-state index is 0.00206. The fourth-order valence-corrected chi connectivity index (χ4v) is 4.03. The van der Waals surface area contributed by atoms with Gasteiger partial charge in [0.05, 0.1) is 18.3 Å². The van der Waals surface area contributed by atoms with Gasteiger partial charge in [0.1, 0.15) is 5.82 Å². The van der Waals surface area contributed by atoms with Gasteiger partial charge in [0.15, 0.2) is 0 Å². The van der Waals surface area contributed by atoms with Crippen LogP contribution in [0.4, 0.5) is 17.5 Å². The highest BCUT2D eigenvalue weighted by Gasteiger charge is 2.44. The number of para-hydroxylation sites is 1. The highest BCUT2D eigenvalue weighted by Crippen LogP contribution is 2.46. The molecule has 136 valence electrons. The van der Waals surface area contributed by atoms with Crippen molar-refractivity contribution in [3.63, 3.8) is 0 Å². The number of nitrogens with one attached hydrogen (secondary N) is 1. The van der Waals surface area contributed by atoms with E-state index < -0.39 is 0 Å². The van der Waals surface area contributed by atoms with Crippen molar-refractivity contribution in [3.8, 4) is 0 Å². The summed E-state index contributed by atoms with van der Waals surface area (Å²) in [6.07, 6.45) is 2.66. The zero-order valence-electron chi connectivity index (χ0n) is 15.1. The fraction of sp³-hybridized carbons (Fsp3) is 0.421. The molecule has 2 aromatic rings. The summed E-state index contributed by atoms with van der Waals surface area (Å²) < 4.78 is 0. The first-order valence-electron chi connectivity index (χ1n) is 9.00. The first-order valence-corrected chi connectivity index (χ1v) is 9.00. The van der Waals surface area contributed by atoms with Crippen LogP contribution in [-0.2, 0) is 11.2 Å². The highest BCUT2D eigenvalue weighted by atomic mass is 16.2. The summed E-state index contributed by atoms with van der Waals surface area (Å²) in [6, 6.07) is 10.2. The fourth-order valence-electron chi connectivity index (χ4n) is 4.03. The molecule has 0 aliphatic carbocycles. The van der Waals surface area contributed by atoms with Gasteiger partial charge in [-0.1, -0.05) is 18.2 Å². The number of nitrogens with zero attached hydrogens (tertiary/aromatic N) is 4. The number of hydrogen-bond acceptors (Lipinski definition) is 6. The maximum Gasteiger partial charge on any atom is 0.237 e. The standard InChI is InChI=1S/C19H24N6O/c1-24(2)19-22-14-10-13-8-9-15(25(13)16(26)11-20)17(14)18(23-19)21-12-6-4-3-5-7-12/h3-7,13,15H,8-11,20H2,1-2H3,(H,21,22,23)/t13-,15+/m1/s1. The predicted octanol–water partition coefficient (Wildman–Crippen LogP) is 1.83. The van der Waals surface area contributed by atoms with Crippen molar-refractivity contribution in [3.05, 3.63) is 41.6 Å². The molecule has 1 aromatic heterocycles. The van der Waals surface area contributed by atoms with E-state index in [1.54, 1.807) is 0 Å². The number of benzene rings is 1. The van der Waals surface area contributed by atoms with E-state index in [0.717, 1.165) is 42.0 Å². The summed E-state index contributed by atoms with van der Waals surface area (Å²) in [7, 11) is 3.88. The number of amides is 1. The second kappa shape index (κ2) is 6.57.